The van der Waals surface area contributed by atoms with E-state index in [0.29, 0.717) is 0 Å². The Kier molecular flexibility index (Phi) is 4.17. The number of carbonyl (C=O) groups excluding carboxylic acids is 1. The number of sulfonamides is 1. The van der Waals surface area contributed by atoms with Gasteiger partial charge in [-0.05, 0) is 18.2 Å². The van der Waals surface area contributed by atoms with Crippen LogP contribution in [0.1, 0.15) is 10.4 Å². The summed E-state index contributed by atoms with van der Waals surface area (Å²) in [6.45, 7) is 0.0929. The molecule has 0 aromatic heterocycles. The van der Waals surface area contributed by atoms with E-state index in [1.807, 2.05) is 0 Å². The third-order valence-electron chi connectivity index (χ3n) is 4.38. The molecule has 1 amide bonds. The van der Waals surface area contributed by atoms with Crippen LogP contribution in [0.3, 0.4) is 0 Å². The summed E-state index contributed by atoms with van der Waals surface area (Å²) < 4.78 is 62.3. The van der Waals surface area contributed by atoms with Gasteiger partial charge in [0, 0.05) is 18.7 Å². The maximum atomic E-state index is 13.3. The van der Waals surface area contributed by atoms with Gasteiger partial charge in [-0.2, -0.15) is 4.31 Å². The molecule has 7 nitrogen and oxygen atoms in total. The molecule has 2 atom stereocenters. The molecule has 2 aliphatic heterocycles. The zero-order chi connectivity index (χ0) is 17.7. The summed E-state index contributed by atoms with van der Waals surface area (Å²) in [5.41, 5.74) is 0.117. The standard InChI is InChI=1S/C14H17FN2O5S2/c1-23(19,20)17-6-5-16(12-8-24(21,22)9-13(12)17)14(18)10-3-2-4-11(15)7-10/h2-4,7,12-13H,5-6,8-9H2,1H3/t12-,13+/m0/s1. The predicted molar refractivity (Wildman–Crippen MR) is 85.2 cm³/mol. The number of nitrogens with zero attached hydrogens (tertiary/aromatic N) is 2. The van der Waals surface area contributed by atoms with E-state index in [-0.39, 0.29) is 30.2 Å². The van der Waals surface area contributed by atoms with Crippen molar-refractivity contribution in [2.75, 3.05) is 30.9 Å². The summed E-state index contributed by atoms with van der Waals surface area (Å²) in [5, 5.41) is 0. The van der Waals surface area contributed by atoms with Crippen LogP contribution in [0.2, 0.25) is 0 Å². The number of hydrogen-bond donors (Lipinski definition) is 0. The summed E-state index contributed by atoms with van der Waals surface area (Å²) >= 11 is 0. The van der Waals surface area contributed by atoms with Gasteiger partial charge in [-0.3, -0.25) is 4.79 Å². The van der Waals surface area contributed by atoms with E-state index in [4.69, 9.17) is 0 Å². The molecule has 0 spiro atoms. The molecule has 2 heterocycles. The van der Waals surface area contributed by atoms with Crippen LogP contribution in [0.15, 0.2) is 24.3 Å². The van der Waals surface area contributed by atoms with Gasteiger partial charge in [-0.15, -0.1) is 0 Å². The van der Waals surface area contributed by atoms with Gasteiger partial charge in [0.1, 0.15) is 5.82 Å². The molecule has 0 bridgehead atoms. The first-order chi connectivity index (χ1) is 11.1. The molecule has 2 aliphatic rings. The molecular weight excluding hydrogens is 359 g/mol. The number of fused-ring (bicyclic) bond motifs is 1. The fourth-order valence-corrected chi connectivity index (χ4v) is 6.57. The molecule has 24 heavy (non-hydrogen) atoms. The fourth-order valence-electron chi connectivity index (χ4n) is 3.37. The normalized spacial score (nSPS) is 27.0. The van der Waals surface area contributed by atoms with Gasteiger partial charge in [0.15, 0.2) is 9.84 Å². The number of halogens is 1. The molecule has 0 N–H and O–H groups in total. The zero-order valence-electron chi connectivity index (χ0n) is 12.9. The number of rotatable bonds is 2. The van der Waals surface area contributed by atoms with Gasteiger partial charge in [-0.25, -0.2) is 21.2 Å². The lowest BCUT2D eigenvalue weighted by atomic mass is 10.1. The van der Waals surface area contributed by atoms with Gasteiger partial charge in [-0.1, -0.05) is 6.07 Å². The maximum absolute atomic E-state index is 13.3. The van der Waals surface area contributed by atoms with E-state index in [1.165, 1.54) is 23.1 Å². The van der Waals surface area contributed by atoms with Gasteiger partial charge >= 0.3 is 0 Å². The van der Waals surface area contributed by atoms with Crippen LogP contribution >= 0.6 is 0 Å². The third-order valence-corrected chi connectivity index (χ3v) is 7.39. The molecule has 0 aliphatic carbocycles. The maximum Gasteiger partial charge on any atom is 0.254 e. The predicted octanol–water partition coefficient (Wildman–Crippen LogP) is -0.291. The van der Waals surface area contributed by atoms with E-state index in [2.05, 4.69) is 0 Å². The van der Waals surface area contributed by atoms with Crippen molar-refractivity contribution in [1.29, 1.82) is 0 Å². The third kappa shape index (κ3) is 3.17. The van der Waals surface area contributed by atoms with Crippen LogP contribution in [0.5, 0.6) is 0 Å². The number of piperazine rings is 1. The highest BCUT2D eigenvalue weighted by atomic mass is 32.2. The number of hydrogen-bond acceptors (Lipinski definition) is 5. The summed E-state index contributed by atoms with van der Waals surface area (Å²) in [5.74, 6) is -1.65. The van der Waals surface area contributed by atoms with E-state index in [1.54, 1.807) is 0 Å². The second-order valence-electron chi connectivity index (χ2n) is 6.09. The van der Waals surface area contributed by atoms with Crippen LogP contribution < -0.4 is 0 Å². The second kappa shape index (κ2) is 5.78. The number of benzene rings is 1. The molecular formula is C14H17FN2O5S2. The van der Waals surface area contributed by atoms with Gasteiger partial charge in [0.05, 0.1) is 29.8 Å². The smallest absolute Gasteiger partial charge is 0.254 e. The van der Waals surface area contributed by atoms with E-state index < -0.39 is 43.7 Å². The van der Waals surface area contributed by atoms with Crippen molar-refractivity contribution < 1.29 is 26.0 Å². The first-order valence-corrected chi connectivity index (χ1v) is 11.0. The minimum atomic E-state index is -3.58. The van der Waals surface area contributed by atoms with Crippen molar-refractivity contribution in [2.24, 2.45) is 0 Å². The Balaban J connectivity index is 1.95. The summed E-state index contributed by atoms with van der Waals surface area (Å²) in [7, 11) is -7.03. The Labute approximate surface area is 140 Å². The second-order valence-corrected chi connectivity index (χ2v) is 10.2. The number of amides is 1. The van der Waals surface area contributed by atoms with E-state index >= 15 is 0 Å². The van der Waals surface area contributed by atoms with E-state index in [9.17, 15) is 26.0 Å². The Morgan fingerprint density at radius 2 is 1.88 bits per heavy atom. The van der Waals surface area contributed by atoms with Crippen molar-refractivity contribution in [2.45, 2.75) is 12.1 Å². The monoisotopic (exact) mass is 376 g/mol. The summed E-state index contributed by atoms with van der Waals surface area (Å²) in [6.07, 6.45) is 1.03. The van der Waals surface area contributed by atoms with Gasteiger partial charge in [0.25, 0.3) is 5.91 Å². The lowest BCUT2D eigenvalue weighted by Gasteiger charge is -2.42. The molecule has 1 aromatic rings. The highest BCUT2D eigenvalue weighted by Crippen LogP contribution is 2.29. The molecule has 2 fully saturated rings. The molecule has 1 aromatic carbocycles. The van der Waals surface area contributed by atoms with Gasteiger partial charge < -0.3 is 4.90 Å². The van der Waals surface area contributed by atoms with Crippen molar-refractivity contribution in [3.63, 3.8) is 0 Å². The first-order valence-electron chi connectivity index (χ1n) is 7.32. The largest absolute Gasteiger partial charge is 0.332 e. The lowest BCUT2D eigenvalue weighted by molar-refractivity contribution is 0.0516. The van der Waals surface area contributed by atoms with Crippen LogP contribution in [0.25, 0.3) is 0 Å². The fraction of sp³-hybridized carbons (Fsp3) is 0.500. The van der Waals surface area contributed by atoms with Crippen LogP contribution in [0.4, 0.5) is 4.39 Å². The summed E-state index contributed by atoms with van der Waals surface area (Å²) in [6, 6.07) is 3.60. The van der Waals surface area contributed by atoms with Crippen LogP contribution in [0, 0.1) is 5.82 Å². The minimum Gasteiger partial charge on any atom is -0.332 e. The Hall–Kier alpha value is -1.52. The Bertz CT molecular complexity index is 884. The SMILES string of the molecule is CS(=O)(=O)N1CCN(C(=O)c2cccc(F)c2)[C@H]2CS(=O)(=O)C[C@H]21. The zero-order valence-corrected chi connectivity index (χ0v) is 14.6. The molecule has 132 valence electrons. The molecule has 2 saturated heterocycles. The first kappa shape index (κ1) is 17.3. The average molecular weight is 376 g/mol. The lowest BCUT2D eigenvalue weighted by Crippen LogP contribution is -2.61. The van der Waals surface area contributed by atoms with Gasteiger partial charge in [0.2, 0.25) is 10.0 Å². The average Bonchev–Trinajstić information content (AvgIpc) is 2.78. The van der Waals surface area contributed by atoms with E-state index in [0.717, 1.165) is 16.6 Å². The Morgan fingerprint density at radius 3 is 2.50 bits per heavy atom. The molecule has 0 unspecified atom stereocenters. The van der Waals surface area contributed by atoms with Crippen LogP contribution in [-0.2, 0) is 19.9 Å². The van der Waals surface area contributed by atoms with Crippen molar-refractivity contribution >= 4 is 25.8 Å². The van der Waals surface area contributed by atoms with Crippen molar-refractivity contribution in [1.82, 2.24) is 9.21 Å². The quantitative estimate of drug-likeness (QED) is 0.707. The highest BCUT2D eigenvalue weighted by molar-refractivity contribution is 7.92. The number of sulfone groups is 1. The molecule has 0 saturated carbocycles. The van der Waals surface area contributed by atoms with Crippen molar-refractivity contribution in [3.8, 4) is 0 Å². The topological polar surface area (TPSA) is 91.8 Å². The number of carbonyl (C=O) groups is 1. The molecule has 10 heteroatoms. The highest BCUT2D eigenvalue weighted by Gasteiger charge is 2.50. The summed E-state index contributed by atoms with van der Waals surface area (Å²) in [4.78, 5) is 14.0. The molecule has 3 rings (SSSR count). The van der Waals surface area contributed by atoms with Crippen molar-refractivity contribution in [3.05, 3.63) is 35.6 Å². The Morgan fingerprint density at radius 1 is 1.21 bits per heavy atom. The van der Waals surface area contributed by atoms with Crippen LogP contribution in [-0.4, -0.2) is 74.9 Å². The minimum absolute atomic E-state index is 0.0244. The molecule has 0 radical (unpaired) electrons.